The quantitative estimate of drug-likeness (QED) is 0.405. The van der Waals surface area contributed by atoms with Crippen molar-refractivity contribution in [2.75, 3.05) is 39.8 Å². The Morgan fingerprint density at radius 2 is 1.78 bits per heavy atom. The normalized spacial score (nSPS) is 16.8. The molecular weight excluding hydrogens is 396 g/mol. The van der Waals surface area contributed by atoms with E-state index in [0.717, 1.165) is 61.1 Å². The Morgan fingerprint density at radius 1 is 1.12 bits per heavy atom. The number of hydrogen-bond acceptors (Lipinski definition) is 4. The number of aliphatic imine (C=N–C) groups is 1. The van der Waals surface area contributed by atoms with Gasteiger partial charge >= 0.3 is 0 Å². The van der Waals surface area contributed by atoms with Gasteiger partial charge in [-0.25, -0.2) is 9.98 Å². The monoisotopic (exact) mass is 432 g/mol. The molecule has 170 valence electrons. The third kappa shape index (κ3) is 6.05. The van der Waals surface area contributed by atoms with Crippen LogP contribution in [0.4, 0.5) is 0 Å². The van der Waals surface area contributed by atoms with E-state index in [4.69, 9.17) is 10.7 Å². The van der Waals surface area contributed by atoms with Gasteiger partial charge in [-0.05, 0) is 52.0 Å². The molecule has 2 N–H and O–H groups in total. The lowest BCUT2D eigenvalue weighted by Gasteiger charge is -2.32. The van der Waals surface area contributed by atoms with E-state index in [0.29, 0.717) is 5.84 Å². The molecule has 1 aliphatic heterocycles. The maximum Gasteiger partial charge on any atom is 0.110 e. The van der Waals surface area contributed by atoms with E-state index in [1.807, 2.05) is 13.0 Å². The van der Waals surface area contributed by atoms with E-state index in [2.05, 4.69) is 77.3 Å². The number of piperazine rings is 1. The number of nitrogens with two attached hydrogens (primary N) is 1. The molecule has 6 nitrogen and oxygen atoms in total. The zero-order chi connectivity index (χ0) is 23.3. The summed E-state index contributed by atoms with van der Waals surface area (Å²) in [6, 6.07) is 8.46. The Kier molecular flexibility index (Phi) is 7.83. The Morgan fingerprint density at radius 3 is 2.41 bits per heavy atom. The summed E-state index contributed by atoms with van der Waals surface area (Å²) in [6.07, 6.45) is 5.79. The Balaban J connectivity index is 1.98. The molecule has 32 heavy (non-hydrogen) atoms. The molecule has 2 aromatic rings. The maximum atomic E-state index is 5.68. The van der Waals surface area contributed by atoms with Crippen molar-refractivity contribution < 1.29 is 0 Å². The summed E-state index contributed by atoms with van der Waals surface area (Å²) in [5.74, 6) is 1.45. The SMILES string of the molecule is C=C(/C=C\N=C(/C)N)c1c(-c2ccc(C)cc2)nc(C)n1/C=C(\C)CN1CCN(C)CC1. The number of benzene rings is 1. The molecule has 0 spiro atoms. The van der Waals surface area contributed by atoms with Crippen LogP contribution in [0.1, 0.15) is 30.9 Å². The van der Waals surface area contributed by atoms with Crippen LogP contribution in [0.5, 0.6) is 0 Å². The highest BCUT2D eigenvalue weighted by molar-refractivity contribution is 5.83. The fraction of sp³-hybridized carbons (Fsp3) is 0.385. The second kappa shape index (κ2) is 10.6. The van der Waals surface area contributed by atoms with E-state index in [9.17, 15) is 0 Å². The first-order valence-corrected chi connectivity index (χ1v) is 11.1. The number of hydrogen-bond donors (Lipinski definition) is 1. The van der Waals surface area contributed by atoms with Gasteiger partial charge in [0.05, 0.1) is 17.2 Å². The standard InChI is InChI=1S/C26H36N6/c1-19-7-9-24(10-8-19)25-26(21(3)11-12-28-22(4)27)32(23(5)29-25)18-20(2)17-31-15-13-30(6)14-16-31/h7-12,18H,3,13-17H2,1-2,4-6H3,(H2,27,28)/b12-11-,20-18+. The number of imidazole rings is 1. The van der Waals surface area contributed by atoms with Gasteiger partial charge in [0.15, 0.2) is 0 Å². The van der Waals surface area contributed by atoms with Crippen molar-refractivity contribution in [2.24, 2.45) is 10.7 Å². The van der Waals surface area contributed by atoms with Gasteiger partial charge in [0.2, 0.25) is 0 Å². The maximum absolute atomic E-state index is 5.68. The fourth-order valence-electron chi connectivity index (χ4n) is 3.87. The fourth-order valence-corrected chi connectivity index (χ4v) is 3.87. The van der Waals surface area contributed by atoms with Crippen LogP contribution < -0.4 is 5.73 Å². The van der Waals surface area contributed by atoms with Crippen molar-refractivity contribution in [3.63, 3.8) is 0 Å². The summed E-state index contributed by atoms with van der Waals surface area (Å²) >= 11 is 0. The average molecular weight is 433 g/mol. The number of rotatable bonds is 7. The third-order valence-corrected chi connectivity index (χ3v) is 5.69. The molecule has 0 atom stereocenters. The lowest BCUT2D eigenvalue weighted by atomic mass is 10.0. The molecular formula is C26H36N6. The number of aryl methyl sites for hydroxylation is 2. The van der Waals surface area contributed by atoms with Crippen LogP contribution in [-0.4, -0.2) is 65.0 Å². The zero-order valence-corrected chi connectivity index (χ0v) is 20.1. The minimum atomic E-state index is 0.514. The Hall–Kier alpha value is -2.96. The van der Waals surface area contributed by atoms with Crippen molar-refractivity contribution in [3.8, 4) is 11.3 Å². The van der Waals surface area contributed by atoms with Gasteiger partial charge in [-0.3, -0.25) is 4.90 Å². The zero-order valence-electron chi connectivity index (χ0n) is 20.1. The minimum absolute atomic E-state index is 0.514. The first-order valence-electron chi connectivity index (χ1n) is 11.1. The average Bonchev–Trinajstić information content (AvgIpc) is 3.06. The molecule has 0 radical (unpaired) electrons. The van der Waals surface area contributed by atoms with Gasteiger partial charge in [0.1, 0.15) is 5.82 Å². The van der Waals surface area contributed by atoms with Gasteiger partial charge in [-0.15, -0.1) is 0 Å². The van der Waals surface area contributed by atoms with Crippen LogP contribution in [0, 0.1) is 13.8 Å². The summed E-state index contributed by atoms with van der Waals surface area (Å²) in [4.78, 5) is 14.0. The molecule has 1 saturated heterocycles. The number of nitrogens with zero attached hydrogens (tertiary/aromatic N) is 5. The van der Waals surface area contributed by atoms with Crippen molar-refractivity contribution in [1.82, 2.24) is 19.4 Å². The summed E-state index contributed by atoms with van der Waals surface area (Å²) < 4.78 is 2.16. The number of likely N-dealkylation sites (N-methyl/N-ethyl adjacent to an activating group) is 1. The van der Waals surface area contributed by atoms with Crippen molar-refractivity contribution in [1.29, 1.82) is 0 Å². The summed E-state index contributed by atoms with van der Waals surface area (Å²) in [5, 5.41) is 0. The smallest absolute Gasteiger partial charge is 0.110 e. The van der Waals surface area contributed by atoms with Crippen molar-refractivity contribution >= 4 is 17.6 Å². The lowest BCUT2D eigenvalue weighted by molar-refractivity contribution is 0.164. The first kappa shape index (κ1) is 23.7. The highest BCUT2D eigenvalue weighted by Crippen LogP contribution is 2.30. The molecule has 0 unspecified atom stereocenters. The van der Waals surface area contributed by atoms with Gasteiger partial charge in [-0.1, -0.05) is 36.4 Å². The molecule has 0 saturated carbocycles. The van der Waals surface area contributed by atoms with E-state index in [1.54, 1.807) is 13.1 Å². The Bertz CT molecular complexity index is 1030. The predicted octanol–water partition coefficient (Wildman–Crippen LogP) is 4.18. The molecule has 0 amide bonds. The van der Waals surface area contributed by atoms with E-state index >= 15 is 0 Å². The molecule has 2 heterocycles. The largest absolute Gasteiger partial charge is 0.387 e. The van der Waals surface area contributed by atoms with Crippen molar-refractivity contribution in [3.05, 3.63) is 65.8 Å². The van der Waals surface area contributed by atoms with Crippen LogP contribution in [0.15, 0.2) is 53.7 Å². The summed E-state index contributed by atoms with van der Waals surface area (Å²) in [6.45, 7) is 17.8. The third-order valence-electron chi connectivity index (χ3n) is 5.69. The number of amidine groups is 1. The van der Waals surface area contributed by atoms with E-state index in [1.165, 1.54) is 11.1 Å². The first-order chi connectivity index (χ1) is 15.2. The van der Waals surface area contributed by atoms with Crippen LogP contribution in [0.25, 0.3) is 23.0 Å². The highest BCUT2D eigenvalue weighted by atomic mass is 15.2. The topological polar surface area (TPSA) is 62.7 Å². The summed E-state index contributed by atoms with van der Waals surface area (Å²) in [5.41, 5.74) is 12.0. The van der Waals surface area contributed by atoms with Gasteiger partial charge in [0.25, 0.3) is 0 Å². The Labute approximate surface area is 192 Å². The predicted molar refractivity (Wildman–Crippen MR) is 136 cm³/mol. The van der Waals surface area contributed by atoms with E-state index < -0.39 is 0 Å². The number of allylic oxidation sites excluding steroid dienone is 2. The summed E-state index contributed by atoms with van der Waals surface area (Å²) in [7, 11) is 2.18. The molecule has 1 aliphatic rings. The van der Waals surface area contributed by atoms with Crippen LogP contribution in [-0.2, 0) is 0 Å². The number of aromatic nitrogens is 2. The van der Waals surface area contributed by atoms with E-state index in [-0.39, 0.29) is 0 Å². The van der Waals surface area contributed by atoms with Crippen LogP contribution in [0.2, 0.25) is 0 Å². The molecule has 1 aromatic heterocycles. The van der Waals surface area contributed by atoms with Crippen LogP contribution >= 0.6 is 0 Å². The van der Waals surface area contributed by atoms with Gasteiger partial charge < -0.3 is 15.2 Å². The molecule has 1 fully saturated rings. The second-order valence-corrected chi connectivity index (χ2v) is 8.76. The van der Waals surface area contributed by atoms with Crippen LogP contribution in [0.3, 0.4) is 0 Å². The highest BCUT2D eigenvalue weighted by Gasteiger charge is 2.18. The molecule has 0 aliphatic carbocycles. The minimum Gasteiger partial charge on any atom is -0.387 e. The second-order valence-electron chi connectivity index (χ2n) is 8.76. The molecule has 1 aromatic carbocycles. The molecule has 6 heteroatoms. The van der Waals surface area contributed by atoms with Gasteiger partial charge in [0, 0.05) is 50.7 Å². The molecule has 3 rings (SSSR count). The van der Waals surface area contributed by atoms with Crippen molar-refractivity contribution in [2.45, 2.75) is 27.7 Å². The molecule has 0 bridgehead atoms. The lowest BCUT2D eigenvalue weighted by Crippen LogP contribution is -2.44. The van der Waals surface area contributed by atoms with Gasteiger partial charge in [-0.2, -0.15) is 0 Å².